The average Bonchev–Trinajstić information content (AvgIpc) is 3.16. The van der Waals surface area contributed by atoms with E-state index >= 15 is 0 Å². The number of amides is 1. The zero-order chi connectivity index (χ0) is 22.2. The number of nitriles is 1. The van der Waals surface area contributed by atoms with Crippen LogP contribution in [-0.4, -0.2) is 28.0 Å². The Labute approximate surface area is 177 Å². The van der Waals surface area contributed by atoms with E-state index in [1.54, 1.807) is 13.0 Å². The van der Waals surface area contributed by atoms with Gasteiger partial charge in [-0.1, -0.05) is 6.07 Å². The van der Waals surface area contributed by atoms with Crippen LogP contribution < -0.4 is 16.2 Å². The monoisotopic (exact) mass is 430 g/mol. The number of aromatic nitrogens is 2. The van der Waals surface area contributed by atoms with E-state index in [0.29, 0.717) is 23.1 Å². The number of hydrogen-bond donors (Lipinski definition) is 3. The predicted octanol–water partition coefficient (Wildman–Crippen LogP) is 2.79. The van der Waals surface area contributed by atoms with Crippen molar-refractivity contribution in [1.82, 2.24) is 26.1 Å². The lowest BCUT2D eigenvalue weighted by Gasteiger charge is -2.33. The van der Waals surface area contributed by atoms with Crippen molar-refractivity contribution in [2.75, 3.05) is 0 Å². The highest BCUT2D eigenvalue weighted by atomic mass is 19.4. The minimum absolute atomic E-state index is 0.0859. The quantitative estimate of drug-likeness (QED) is 0.692. The van der Waals surface area contributed by atoms with Gasteiger partial charge in [0.2, 0.25) is 0 Å². The van der Waals surface area contributed by atoms with Crippen LogP contribution in [0.2, 0.25) is 0 Å². The molecule has 0 radical (unpaired) electrons. The predicted molar refractivity (Wildman–Crippen MR) is 104 cm³/mol. The van der Waals surface area contributed by atoms with Crippen LogP contribution in [0.5, 0.6) is 0 Å². The normalized spacial score (nSPS) is 25.5. The Hall–Kier alpha value is -3.03. The number of nitrogens with one attached hydrogen (secondary N) is 3. The van der Waals surface area contributed by atoms with Crippen LogP contribution in [0.25, 0.3) is 0 Å². The van der Waals surface area contributed by atoms with Crippen molar-refractivity contribution in [1.29, 1.82) is 5.26 Å². The third-order valence-electron chi connectivity index (χ3n) is 5.95. The molecule has 2 aromatic heterocycles. The number of aryl methyl sites for hydroxylation is 1. The van der Waals surface area contributed by atoms with Gasteiger partial charge < -0.3 is 5.32 Å². The summed E-state index contributed by atoms with van der Waals surface area (Å²) in [6.07, 6.45) is 0.410. The van der Waals surface area contributed by atoms with Gasteiger partial charge in [0, 0.05) is 24.5 Å². The molecular weight excluding hydrogens is 409 g/mol. The zero-order valence-corrected chi connectivity index (χ0v) is 16.7. The molecule has 7 nitrogen and oxygen atoms in total. The van der Waals surface area contributed by atoms with Gasteiger partial charge in [-0.05, 0) is 55.4 Å². The zero-order valence-electron chi connectivity index (χ0n) is 16.7. The van der Waals surface area contributed by atoms with Crippen molar-refractivity contribution in [3.8, 4) is 6.07 Å². The highest BCUT2D eigenvalue weighted by Gasteiger charge is 2.42. The van der Waals surface area contributed by atoms with E-state index in [9.17, 15) is 18.0 Å². The molecule has 3 N–H and O–H groups in total. The lowest BCUT2D eigenvalue weighted by molar-refractivity contribution is -0.141. The minimum Gasteiger partial charge on any atom is -0.348 e. The third kappa shape index (κ3) is 4.38. The summed E-state index contributed by atoms with van der Waals surface area (Å²) >= 11 is 0. The van der Waals surface area contributed by atoms with E-state index in [2.05, 4.69) is 26.1 Å². The molecule has 2 aromatic rings. The number of pyridine rings is 2. The molecule has 4 unspecified atom stereocenters. The van der Waals surface area contributed by atoms with Crippen molar-refractivity contribution in [3.05, 3.63) is 58.7 Å². The van der Waals surface area contributed by atoms with Crippen molar-refractivity contribution in [2.45, 2.75) is 50.5 Å². The highest BCUT2D eigenvalue weighted by molar-refractivity contribution is 5.93. The van der Waals surface area contributed by atoms with Gasteiger partial charge in [0.05, 0.1) is 11.6 Å². The molecule has 10 heteroatoms. The standard InChI is InChI=1S/C21H21F3N6O/c1-11-6-12(8-25)9-27-18(11)20(31)28-14-3-4-16-15(7-14)19(30-29-16)13-2-5-17(26-10-13)21(22,23)24/h2,5-6,9-10,14-16,19,29-30H,3-4,7H2,1H3,(H,28,31). The molecule has 1 saturated heterocycles. The summed E-state index contributed by atoms with van der Waals surface area (Å²) in [6.45, 7) is 1.73. The fraction of sp³-hybridized carbons (Fsp3) is 0.429. The molecule has 4 atom stereocenters. The van der Waals surface area contributed by atoms with E-state index in [0.717, 1.165) is 18.9 Å². The summed E-state index contributed by atoms with van der Waals surface area (Å²) in [6, 6.07) is 5.94. The summed E-state index contributed by atoms with van der Waals surface area (Å²) in [5.41, 5.74) is 7.46. The first-order valence-electron chi connectivity index (χ1n) is 9.98. The van der Waals surface area contributed by atoms with E-state index in [4.69, 9.17) is 5.26 Å². The SMILES string of the molecule is Cc1cc(C#N)cnc1C(=O)NC1CCC2NNC(c3ccc(C(F)(F)F)nc3)C2C1. The van der Waals surface area contributed by atoms with Gasteiger partial charge in [0.25, 0.3) is 5.91 Å². The van der Waals surface area contributed by atoms with Crippen molar-refractivity contribution < 1.29 is 18.0 Å². The summed E-state index contributed by atoms with van der Waals surface area (Å²) < 4.78 is 38.4. The molecular formula is C21H21F3N6O. The van der Waals surface area contributed by atoms with Crippen LogP contribution in [0, 0.1) is 24.2 Å². The lowest BCUT2D eigenvalue weighted by Crippen LogP contribution is -2.44. The first-order valence-corrected chi connectivity index (χ1v) is 9.98. The molecule has 0 bridgehead atoms. The van der Waals surface area contributed by atoms with E-state index in [1.807, 2.05) is 6.07 Å². The first-order chi connectivity index (χ1) is 14.8. The third-order valence-corrected chi connectivity index (χ3v) is 5.95. The van der Waals surface area contributed by atoms with Crippen LogP contribution in [-0.2, 0) is 6.18 Å². The Bertz CT molecular complexity index is 1020. The Morgan fingerprint density at radius 3 is 2.68 bits per heavy atom. The topological polar surface area (TPSA) is 103 Å². The summed E-state index contributed by atoms with van der Waals surface area (Å²) in [7, 11) is 0. The fourth-order valence-corrected chi connectivity index (χ4v) is 4.40. The molecule has 0 spiro atoms. The number of alkyl halides is 3. The maximum atomic E-state index is 12.8. The van der Waals surface area contributed by atoms with Crippen LogP contribution in [0.1, 0.15) is 58.2 Å². The lowest BCUT2D eigenvalue weighted by atomic mass is 9.77. The molecule has 162 valence electrons. The average molecular weight is 430 g/mol. The highest BCUT2D eigenvalue weighted by Crippen LogP contribution is 2.38. The van der Waals surface area contributed by atoms with E-state index in [1.165, 1.54) is 18.5 Å². The van der Waals surface area contributed by atoms with Gasteiger partial charge in [-0.3, -0.25) is 15.2 Å². The Balaban J connectivity index is 1.45. The maximum absolute atomic E-state index is 12.8. The van der Waals surface area contributed by atoms with E-state index < -0.39 is 11.9 Å². The molecule has 2 aliphatic rings. The second-order valence-corrected chi connectivity index (χ2v) is 8.00. The second-order valence-electron chi connectivity index (χ2n) is 8.00. The van der Waals surface area contributed by atoms with Gasteiger partial charge in [0.1, 0.15) is 17.5 Å². The first kappa shape index (κ1) is 21.2. The Morgan fingerprint density at radius 1 is 1.23 bits per heavy atom. The van der Waals surface area contributed by atoms with Crippen LogP contribution in [0.15, 0.2) is 30.6 Å². The van der Waals surface area contributed by atoms with Gasteiger partial charge >= 0.3 is 6.18 Å². The smallest absolute Gasteiger partial charge is 0.348 e. The number of carbonyl (C=O) groups is 1. The summed E-state index contributed by atoms with van der Waals surface area (Å²) in [5.74, 6) is -0.204. The second kappa shape index (κ2) is 8.24. The van der Waals surface area contributed by atoms with Crippen molar-refractivity contribution >= 4 is 5.91 Å². The fourth-order valence-electron chi connectivity index (χ4n) is 4.40. The maximum Gasteiger partial charge on any atom is 0.433 e. The number of fused-ring (bicyclic) bond motifs is 1. The summed E-state index contributed by atoms with van der Waals surface area (Å²) in [5, 5.41) is 12.0. The minimum atomic E-state index is -4.47. The van der Waals surface area contributed by atoms with Crippen LogP contribution >= 0.6 is 0 Å². The van der Waals surface area contributed by atoms with Gasteiger partial charge in [-0.15, -0.1) is 0 Å². The molecule has 0 aromatic carbocycles. The number of rotatable bonds is 3. The van der Waals surface area contributed by atoms with E-state index in [-0.39, 0.29) is 35.6 Å². The molecule has 31 heavy (non-hydrogen) atoms. The summed E-state index contributed by atoms with van der Waals surface area (Å²) in [4.78, 5) is 20.4. The molecule has 1 saturated carbocycles. The molecule has 1 amide bonds. The number of hydrogen-bond acceptors (Lipinski definition) is 6. The van der Waals surface area contributed by atoms with Crippen LogP contribution in [0.4, 0.5) is 13.2 Å². The van der Waals surface area contributed by atoms with Gasteiger partial charge in [-0.2, -0.15) is 18.4 Å². The van der Waals surface area contributed by atoms with Gasteiger partial charge in [0.15, 0.2) is 0 Å². The molecule has 1 aliphatic heterocycles. The van der Waals surface area contributed by atoms with Crippen molar-refractivity contribution in [3.63, 3.8) is 0 Å². The number of nitrogens with zero attached hydrogens (tertiary/aromatic N) is 3. The number of hydrazine groups is 1. The molecule has 3 heterocycles. The molecule has 1 aliphatic carbocycles. The molecule has 4 rings (SSSR count). The van der Waals surface area contributed by atoms with Crippen LogP contribution in [0.3, 0.4) is 0 Å². The largest absolute Gasteiger partial charge is 0.433 e. The number of carbonyl (C=O) groups excluding carboxylic acids is 1. The number of halogens is 3. The Morgan fingerprint density at radius 2 is 2.03 bits per heavy atom. The Kier molecular flexibility index (Phi) is 5.64. The van der Waals surface area contributed by atoms with Crippen molar-refractivity contribution in [2.24, 2.45) is 5.92 Å². The molecule has 2 fully saturated rings. The van der Waals surface area contributed by atoms with Gasteiger partial charge in [-0.25, -0.2) is 10.4 Å².